The molecule has 0 aliphatic carbocycles. The van der Waals surface area contributed by atoms with E-state index in [9.17, 15) is 13.2 Å². The van der Waals surface area contributed by atoms with E-state index < -0.39 is 10.0 Å². The topological polar surface area (TPSA) is 113 Å². The average molecular weight is 364 g/mol. The number of nitrogens with one attached hydrogen (secondary N) is 3. The first kappa shape index (κ1) is 17.6. The largest absolute Gasteiger partial charge is 0.361 e. The van der Waals surface area contributed by atoms with Crippen LogP contribution in [0.4, 0.5) is 0 Å². The average Bonchev–Trinajstić information content (AvgIpc) is 3.25. The molecule has 0 spiro atoms. The van der Waals surface area contributed by atoms with Crippen LogP contribution in [0.15, 0.2) is 39.8 Å². The van der Waals surface area contributed by atoms with E-state index in [0.717, 1.165) is 19.5 Å². The second kappa shape index (κ2) is 7.34. The third-order valence-electron chi connectivity index (χ3n) is 3.92. The van der Waals surface area contributed by atoms with Gasteiger partial charge in [-0.15, -0.1) is 0 Å². The zero-order valence-electron chi connectivity index (χ0n) is 13.8. The summed E-state index contributed by atoms with van der Waals surface area (Å²) in [4.78, 5) is 12.3. The quantitative estimate of drug-likeness (QED) is 0.690. The predicted octanol–water partition coefficient (Wildman–Crippen LogP) is 0.553. The Bertz CT molecular complexity index is 857. The molecular weight excluding hydrogens is 344 g/mol. The lowest BCUT2D eigenvalue weighted by Gasteiger charge is -2.12. The second-order valence-electron chi connectivity index (χ2n) is 5.94. The molecule has 1 aliphatic heterocycles. The Morgan fingerprint density at radius 2 is 2.24 bits per heavy atom. The normalized spacial score (nSPS) is 17.6. The van der Waals surface area contributed by atoms with Gasteiger partial charge in [-0.3, -0.25) is 4.79 Å². The summed E-state index contributed by atoms with van der Waals surface area (Å²) in [5.41, 5.74) is 0.802. The molecule has 1 fully saturated rings. The van der Waals surface area contributed by atoms with Crippen molar-refractivity contribution in [1.82, 2.24) is 20.5 Å². The SMILES string of the molecule is Cc1cc(CNS(=O)(=O)c2cccc(C(=O)N[C@H]3CCNC3)c2)no1. The van der Waals surface area contributed by atoms with Crippen LogP contribution < -0.4 is 15.4 Å². The van der Waals surface area contributed by atoms with Gasteiger partial charge in [-0.05, 0) is 38.1 Å². The second-order valence-corrected chi connectivity index (χ2v) is 7.71. The molecule has 8 nitrogen and oxygen atoms in total. The van der Waals surface area contributed by atoms with E-state index in [1.807, 2.05) is 0 Å². The number of nitrogens with zero attached hydrogens (tertiary/aromatic N) is 1. The molecule has 1 atom stereocenters. The van der Waals surface area contributed by atoms with Crippen molar-refractivity contribution in [3.05, 3.63) is 47.3 Å². The minimum Gasteiger partial charge on any atom is -0.361 e. The molecule has 134 valence electrons. The molecule has 2 aromatic rings. The van der Waals surface area contributed by atoms with Gasteiger partial charge in [0.1, 0.15) is 5.76 Å². The summed E-state index contributed by atoms with van der Waals surface area (Å²) in [6, 6.07) is 7.69. The van der Waals surface area contributed by atoms with Gasteiger partial charge < -0.3 is 15.2 Å². The number of amides is 1. The van der Waals surface area contributed by atoms with Crippen LogP contribution in [0, 0.1) is 6.92 Å². The Kier molecular flexibility index (Phi) is 5.16. The van der Waals surface area contributed by atoms with Gasteiger partial charge in [0, 0.05) is 24.2 Å². The van der Waals surface area contributed by atoms with Crippen LogP contribution in [0.1, 0.15) is 28.2 Å². The lowest BCUT2D eigenvalue weighted by Crippen LogP contribution is -2.36. The minimum atomic E-state index is -3.76. The molecule has 1 aromatic heterocycles. The maximum atomic E-state index is 12.4. The smallest absolute Gasteiger partial charge is 0.251 e. The van der Waals surface area contributed by atoms with Crippen LogP contribution in [0.5, 0.6) is 0 Å². The highest BCUT2D eigenvalue weighted by Crippen LogP contribution is 2.13. The van der Waals surface area contributed by atoms with Gasteiger partial charge in [0.2, 0.25) is 10.0 Å². The van der Waals surface area contributed by atoms with Crippen molar-refractivity contribution in [2.24, 2.45) is 0 Å². The Balaban J connectivity index is 1.69. The Hall–Kier alpha value is -2.23. The van der Waals surface area contributed by atoms with Crippen molar-refractivity contribution in [2.45, 2.75) is 30.8 Å². The van der Waals surface area contributed by atoms with Gasteiger partial charge in [-0.2, -0.15) is 0 Å². The first-order chi connectivity index (χ1) is 11.9. The third-order valence-corrected chi connectivity index (χ3v) is 5.32. The summed E-state index contributed by atoms with van der Waals surface area (Å²) >= 11 is 0. The van der Waals surface area contributed by atoms with Crippen molar-refractivity contribution in [3.8, 4) is 0 Å². The summed E-state index contributed by atoms with van der Waals surface area (Å²) in [5.74, 6) is 0.326. The number of hydrogen-bond acceptors (Lipinski definition) is 6. The highest BCUT2D eigenvalue weighted by atomic mass is 32.2. The third kappa shape index (κ3) is 4.44. The lowest BCUT2D eigenvalue weighted by atomic mass is 10.2. The van der Waals surface area contributed by atoms with E-state index in [2.05, 4.69) is 20.5 Å². The first-order valence-electron chi connectivity index (χ1n) is 7.97. The molecule has 0 unspecified atom stereocenters. The van der Waals surface area contributed by atoms with Crippen LogP contribution in [-0.2, 0) is 16.6 Å². The fourth-order valence-electron chi connectivity index (χ4n) is 2.60. The van der Waals surface area contributed by atoms with E-state index in [1.165, 1.54) is 12.1 Å². The zero-order chi connectivity index (χ0) is 17.9. The van der Waals surface area contributed by atoms with Gasteiger partial charge >= 0.3 is 0 Å². The van der Waals surface area contributed by atoms with Crippen molar-refractivity contribution in [1.29, 1.82) is 0 Å². The standard InChI is InChI=1S/C16H20N4O4S/c1-11-7-14(20-24-11)10-18-25(22,23)15-4-2-3-12(8-15)16(21)19-13-5-6-17-9-13/h2-4,7-8,13,17-18H,5-6,9-10H2,1H3,(H,19,21)/t13-/m0/s1. The van der Waals surface area contributed by atoms with E-state index >= 15 is 0 Å². The number of carbonyl (C=O) groups excluding carboxylic acids is 1. The Labute approximate surface area is 146 Å². The van der Waals surface area contributed by atoms with E-state index in [4.69, 9.17) is 4.52 Å². The van der Waals surface area contributed by atoms with Crippen molar-refractivity contribution in [2.75, 3.05) is 13.1 Å². The number of benzene rings is 1. The number of rotatable bonds is 6. The van der Waals surface area contributed by atoms with Gasteiger partial charge in [0.25, 0.3) is 5.91 Å². The van der Waals surface area contributed by atoms with Crippen LogP contribution in [-0.4, -0.2) is 38.6 Å². The molecule has 0 bridgehead atoms. The molecule has 1 aromatic carbocycles. The summed E-state index contributed by atoms with van der Waals surface area (Å²) in [7, 11) is -3.76. The molecule has 2 heterocycles. The van der Waals surface area contributed by atoms with Crippen LogP contribution in [0.2, 0.25) is 0 Å². The Morgan fingerprint density at radius 1 is 1.40 bits per heavy atom. The number of carbonyl (C=O) groups is 1. The van der Waals surface area contributed by atoms with Gasteiger partial charge in [-0.1, -0.05) is 11.2 Å². The van der Waals surface area contributed by atoms with Crippen LogP contribution in [0.25, 0.3) is 0 Å². The zero-order valence-corrected chi connectivity index (χ0v) is 14.6. The maximum absolute atomic E-state index is 12.4. The molecule has 0 radical (unpaired) electrons. The monoisotopic (exact) mass is 364 g/mol. The van der Waals surface area contributed by atoms with E-state index in [-0.39, 0.29) is 23.4 Å². The molecule has 1 amide bonds. The van der Waals surface area contributed by atoms with E-state index in [0.29, 0.717) is 17.0 Å². The van der Waals surface area contributed by atoms with Gasteiger partial charge in [0.05, 0.1) is 17.1 Å². The van der Waals surface area contributed by atoms with Crippen molar-refractivity contribution < 1.29 is 17.7 Å². The molecular formula is C16H20N4O4S. The fourth-order valence-corrected chi connectivity index (χ4v) is 3.65. The maximum Gasteiger partial charge on any atom is 0.251 e. The molecule has 0 saturated carbocycles. The number of sulfonamides is 1. The molecule has 3 N–H and O–H groups in total. The number of aromatic nitrogens is 1. The highest BCUT2D eigenvalue weighted by Gasteiger charge is 2.20. The van der Waals surface area contributed by atoms with Gasteiger partial charge in [-0.25, -0.2) is 13.1 Å². The van der Waals surface area contributed by atoms with Crippen molar-refractivity contribution in [3.63, 3.8) is 0 Å². The predicted molar refractivity (Wildman–Crippen MR) is 90.4 cm³/mol. The van der Waals surface area contributed by atoms with E-state index in [1.54, 1.807) is 25.1 Å². The summed E-state index contributed by atoms with van der Waals surface area (Å²) in [5, 5.41) is 9.80. The molecule has 3 rings (SSSR count). The van der Waals surface area contributed by atoms with Gasteiger partial charge in [0.15, 0.2) is 0 Å². The summed E-state index contributed by atoms with van der Waals surface area (Å²) in [6.45, 7) is 3.34. The fraction of sp³-hybridized carbons (Fsp3) is 0.375. The number of aryl methyl sites for hydroxylation is 1. The minimum absolute atomic E-state index is 0.0177. The molecule has 9 heteroatoms. The lowest BCUT2D eigenvalue weighted by molar-refractivity contribution is 0.0940. The number of hydrogen-bond donors (Lipinski definition) is 3. The molecule has 1 saturated heterocycles. The Morgan fingerprint density at radius 3 is 2.92 bits per heavy atom. The first-order valence-corrected chi connectivity index (χ1v) is 9.46. The van der Waals surface area contributed by atoms with Crippen molar-refractivity contribution >= 4 is 15.9 Å². The van der Waals surface area contributed by atoms with Crippen LogP contribution >= 0.6 is 0 Å². The van der Waals surface area contributed by atoms with Crippen LogP contribution in [0.3, 0.4) is 0 Å². The highest BCUT2D eigenvalue weighted by molar-refractivity contribution is 7.89. The summed E-state index contributed by atoms with van der Waals surface area (Å²) < 4.78 is 32.2. The molecule has 25 heavy (non-hydrogen) atoms. The summed E-state index contributed by atoms with van der Waals surface area (Å²) in [6.07, 6.45) is 0.863. The molecule has 1 aliphatic rings.